The number of hydrogen-bond donors (Lipinski definition) is 0. The van der Waals surface area contributed by atoms with Gasteiger partial charge in [0, 0.05) is 12.5 Å². The molecular formula is C14H17F3O3. The monoisotopic (exact) mass is 290 g/mol. The van der Waals surface area contributed by atoms with Crippen LogP contribution in [0, 0.1) is 0 Å². The van der Waals surface area contributed by atoms with Gasteiger partial charge in [-0.1, -0.05) is 6.92 Å². The van der Waals surface area contributed by atoms with Crippen LogP contribution in [0.3, 0.4) is 0 Å². The Balaban J connectivity index is 2.59. The Labute approximate surface area is 115 Å². The van der Waals surface area contributed by atoms with Gasteiger partial charge in [-0.25, -0.2) is 0 Å². The van der Waals surface area contributed by atoms with Gasteiger partial charge in [-0.05, 0) is 25.0 Å². The average molecular weight is 290 g/mol. The van der Waals surface area contributed by atoms with Crippen LogP contribution in [0.1, 0.15) is 36.5 Å². The molecule has 1 rings (SSSR count). The van der Waals surface area contributed by atoms with Gasteiger partial charge in [0.1, 0.15) is 11.5 Å². The quantitative estimate of drug-likeness (QED) is 0.536. The molecule has 0 heterocycles. The van der Waals surface area contributed by atoms with Crippen molar-refractivity contribution in [2.75, 3.05) is 13.2 Å². The Bertz CT molecular complexity index is 430. The molecule has 0 unspecified atom stereocenters. The van der Waals surface area contributed by atoms with Crippen molar-refractivity contribution in [3.63, 3.8) is 0 Å². The maximum atomic E-state index is 12.0. The molecule has 0 aliphatic carbocycles. The summed E-state index contributed by atoms with van der Waals surface area (Å²) in [5.41, 5.74) is 0.292. The highest BCUT2D eigenvalue weighted by Gasteiger charge is 2.26. The smallest absolute Gasteiger partial charge is 0.389 e. The van der Waals surface area contributed by atoms with Crippen LogP contribution in [-0.4, -0.2) is 25.7 Å². The van der Waals surface area contributed by atoms with Gasteiger partial charge in [0.2, 0.25) is 0 Å². The predicted molar refractivity (Wildman–Crippen MR) is 68.4 cm³/mol. The summed E-state index contributed by atoms with van der Waals surface area (Å²) in [5.74, 6) is 0.777. The second-order valence-electron chi connectivity index (χ2n) is 4.23. The van der Waals surface area contributed by atoms with Crippen molar-refractivity contribution in [3.8, 4) is 11.5 Å². The molecule has 0 aliphatic heterocycles. The lowest BCUT2D eigenvalue weighted by Crippen LogP contribution is -2.10. The Kier molecular flexibility index (Phi) is 6.35. The summed E-state index contributed by atoms with van der Waals surface area (Å²) in [7, 11) is 0. The lowest BCUT2D eigenvalue weighted by Gasteiger charge is -2.12. The number of halogens is 3. The van der Waals surface area contributed by atoms with Gasteiger partial charge in [0.05, 0.1) is 18.8 Å². The Morgan fingerprint density at radius 1 is 1.20 bits per heavy atom. The third kappa shape index (κ3) is 5.95. The summed E-state index contributed by atoms with van der Waals surface area (Å²) in [6.45, 7) is 2.37. The minimum absolute atomic E-state index is 0.0996. The van der Waals surface area contributed by atoms with Gasteiger partial charge in [0.25, 0.3) is 0 Å². The van der Waals surface area contributed by atoms with Crippen molar-refractivity contribution in [1.29, 1.82) is 0 Å². The SMILES string of the molecule is CCCOc1ccc(C=O)c(OCCCC(F)(F)F)c1. The highest BCUT2D eigenvalue weighted by Crippen LogP contribution is 2.25. The predicted octanol–water partition coefficient (Wildman–Crippen LogP) is 4.01. The molecule has 0 N–H and O–H groups in total. The van der Waals surface area contributed by atoms with Crippen LogP contribution in [0.5, 0.6) is 11.5 Å². The van der Waals surface area contributed by atoms with Gasteiger partial charge >= 0.3 is 6.18 Å². The molecule has 6 heteroatoms. The molecule has 0 aliphatic rings. The molecule has 3 nitrogen and oxygen atoms in total. The lowest BCUT2D eigenvalue weighted by atomic mass is 10.2. The number of aldehydes is 1. The summed E-state index contributed by atoms with van der Waals surface area (Å²) in [4.78, 5) is 10.8. The van der Waals surface area contributed by atoms with E-state index in [2.05, 4.69) is 0 Å². The molecule has 0 spiro atoms. The highest BCUT2D eigenvalue weighted by molar-refractivity contribution is 5.79. The van der Waals surface area contributed by atoms with E-state index in [0.29, 0.717) is 24.2 Å². The first kappa shape index (κ1) is 16.3. The normalized spacial score (nSPS) is 11.2. The number of ether oxygens (including phenoxy) is 2. The van der Waals surface area contributed by atoms with Crippen LogP contribution in [0.2, 0.25) is 0 Å². The number of carbonyl (C=O) groups is 1. The Hall–Kier alpha value is -1.72. The zero-order valence-corrected chi connectivity index (χ0v) is 11.2. The molecule has 1 aromatic carbocycles. The highest BCUT2D eigenvalue weighted by atomic mass is 19.4. The minimum atomic E-state index is -4.19. The molecule has 20 heavy (non-hydrogen) atoms. The van der Waals surface area contributed by atoms with Crippen molar-refractivity contribution in [2.24, 2.45) is 0 Å². The summed E-state index contributed by atoms with van der Waals surface area (Å²) in [6.07, 6.45) is -3.82. The van der Waals surface area contributed by atoms with E-state index in [1.165, 1.54) is 12.1 Å². The van der Waals surface area contributed by atoms with Gasteiger partial charge in [0.15, 0.2) is 6.29 Å². The van der Waals surface area contributed by atoms with Gasteiger partial charge < -0.3 is 9.47 Å². The fourth-order valence-electron chi connectivity index (χ4n) is 1.50. The van der Waals surface area contributed by atoms with E-state index in [0.717, 1.165) is 6.42 Å². The largest absolute Gasteiger partial charge is 0.493 e. The molecule has 0 atom stereocenters. The lowest BCUT2D eigenvalue weighted by molar-refractivity contribution is -0.136. The van der Waals surface area contributed by atoms with Gasteiger partial charge in [-0.2, -0.15) is 13.2 Å². The topological polar surface area (TPSA) is 35.5 Å². The third-order valence-corrected chi connectivity index (χ3v) is 2.45. The summed E-state index contributed by atoms with van der Waals surface area (Å²) in [6, 6.07) is 4.67. The molecule has 0 saturated heterocycles. The first-order chi connectivity index (χ1) is 9.46. The van der Waals surface area contributed by atoms with Gasteiger partial charge in [-0.3, -0.25) is 4.79 Å². The van der Waals surface area contributed by atoms with Crippen molar-refractivity contribution in [2.45, 2.75) is 32.4 Å². The van der Waals surface area contributed by atoms with Crippen molar-refractivity contribution >= 4 is 6.29 Å². The van der Waals surface area contributed by atoms with E-state index in [4.69, 9.17) is 9.47 Å². The van der Waals surface area contributed by atoms with Crippen molar-refractivity contribution in [1.82, 2.24) is 0 Å². The first-order valence-electron chi connectivity index (χ1n) is 6.38. The van der Waals surface area contributed by atoms with Crippen LogP contribution in [0.4, 0.5) is 13.2 Å². The number of hydrogen-bond acceptors (Lipinski definition) is 3. The van der Waals surface area contributed by atoms with E-state index in [1.54, 1.807) is 6.07 Å². The fourth-order valence-corrected chi connectivity index (χ4v) is 1.50. The molecule has 0 amide bonds. The van der Waals surface area contributed by atoms with E-state index >= 15 is 0 Å². The first-order valence-corrected chi connectivity index (χ1v) is 6.38. The molecule has 112 valence electrons. The van der Waals surface area contributed by atoms with E-state index in [-0.39, 0.29) is 18.8 Å². The maximum Gasteiger partial charge on any atom is 0.389 e. The second-order valence-corrected chi connectivity index (χ2v) is 4.23. The molecular weight excluding hydrogens is 273 g/mol. The number of benzene rings is 1. The third-order valence-electron chi connectivity index (χ3n) is 2.45. The average Bonchev–Trinajstić information content (AvgIpc) is 2.40. The van der Waals surface area contributed by atoms with E-state index < -0.39 is 12.6 Å². The standard InChI is InChI=1S/C14H17F3O3/c1-2-7-19-12-5-4-11(10-18)13(9-12)20-8-3-6-14(15,16)17/h4-5,9-10H,2-3,6-8H2,1H3. The molecule has 0 saturated carbocycles. The molecule has 0 radical (unpaired) electrons. The zero-order valence-electron chi connectivity index (χ0n) is 11.2. The van der Waals surface area contributed by atoms with Crippen molar-refractivity contribution < 1.29 is 27.4 Å². The van der Waals surface area contributed by atoms with Crippen LogP contribution in [-0.2, 0) is 0 Å². The second kappa shape index (κ2) is 7.77. The summed E-state index contributed by atoms with van der Waals surface area (Å²) >= 11 is 0. The Morgan fingerprint density at radius 3 is 2.55 bits per heavy atom. The van der Waals surface area contributed by atoms with Gasteiger partial charge in [-0.15, -0.1) is 0 Å². The molecule has 1 aromatic rings. The summed E-state index contributed by atoms with van der Waals surface area (Å²) < 4.78 is 46.6. The molecule has 0 aromatic heterocycles. The van der Waals surface area contributed by atoms with Crippen LogP contribution < -0.4 is 9.47 Å². The minimum Gasteiger partial charge on any atom is -0.493 e. The van der Waals surface area contributed by atoms with Crippen LogP contribution in [0.25, 0.3) is 0 Å². The number of carbonyl (C=O) groups excluding carboxylic acids is 1. The maximum absolute atomic E-state index is 12.0. The fraction of sp³-hybridized carbons (Fsp3) is 0.500. The van der Waals surface area contributed by atoms with E-state index in [1.807, 2.05) is 6.92 Å². The number of rotatable bonds is 8. The van der Waals surface area contributed by atoms with Crippen LogP contribution in [0.15, 0.2) is 18.2 Å². The van der Waals surface area contributed by atoms with E-state index in [9.17, 15) is 18.0 Å². The zero-order chi connectivity index (χ0) is 15.0. The van der Waals surface area contributed by atoms with Crippen molar-refractivity contribution in [3.05, 3.63) is 23.8 Å². The molecule has 0 fully saturated rings. The summed E-state index contributed by atoms with van der Waals surface area (Å²) in [5, 5.41) is 0. The van der Waals surface area contributed by atoms with Crippen LogP contribution >= 0.6 is 0 Å². The Morgan fingerprint density at radius 2 is 1.95 bits per heavy atom. The molecule has 0 bridgehead atoms. The number of alkyl halides is 3.